The van der Waals surface area contributed by atoms with Crippen LogP contribution in [0.1, 0.15) is 36.6 Å². The highest BCUT2D eigenvalue weighted by Crippen LogP contribution is 2.37. The molecule has 180 valence electrons. The maximum absolute atomic E-state index is 14.8. The van der Waals surface area contributed by atoms with Crippen LogP contribution in [0.5, 0.6) is 0 Å². The van der Waals surface area contributed by atoms with E-state index >= 15 is 0 Å². The average molecular weight is 491 g/mol. The number of fused-ring (bicyclic) bond motifs is 2. The van der Waals surface area contributed by atoms with Gasteiger partial charge < -0.3 is 0 Å². The van der Waals surface area contributed by atoms with Gasteiger partial charge in [-0.2, -0.15) is 0 Å². The lowest BCUT2D eigenvalue weighted by molar-refractivity contribution is 0.104. The molecule has 6 aromatic carbocycles. The van der Waals surface area contributed by atoms with E-state index in [2.05, 4.69) is 0 Å². The lowest BCUT2D eigenvalue weighted by Gasteiger charge is -2.17. The van der Waals surface area contributed by atoms with Crippen molar-refractivity contribution in [2.24, 2.45) is 0 Å². The van der Waals surface area contributed by atoms with Crippen molar-refractivity contribution in [1.29, 1.82) is 0 Å². The van der Waals surface area contributed by atoms with Gasteiger partial charge in [0.05, 0.1) is 0 Å². The highest BCUT2D eigenvalue weighted by atomic mass is 16.1. The molecule has 0 aromatic heterocycles. The average Bonchev–Trinajstić information content (AvgIpc) is 2.99. The normalized spacial score (nSPS) is 10.9. The molecule has 0 aliphatic carbocycles. The van der Waals surface area contributed by atoms with Crippen molar-refractivity contribution in [2.45, 2.75) is 0 Å². The molecule has 0 spiro atoms. The zero-order valence-corrected chi connectivity index (χ0v) is 20.4. The number of rotatable bonds is 6. The first kappa shape index (κ1) is 23.3. The molecule has 3 nitrogen and oxygen atoms in total. The fourth-order valence-corrected chi connectivity index (χ4v) is 5.12. The van der Waals surface area contributed by atoms with Crippen LogP contribution in [0.25, 0.3) is 43.8 Å². The smallest absolute Gasteiger partial charge is 0.195 e. The third kappa shape index (κ3) is 4.00. The fourth-order valence-electron chi connectivity index (χ4n) is 5.12. The van der Waals surface area contributed by atoms with Gasteiger partial charge in [0.15, 0.2) is 5.78 Å². The van der Waals surface area contributed by atoms with E-state index in [1.54, 1.807) is 24.3 Å². The third-order valence-electron chi connectivity index (χ3n) is 7.03. The van der Waals surface area contributed by atoms with Gasteiger partial charge in [-0.1, -0.05) is 121 Å². The van der Waals surface area contributed by atoms with Gasteiger partial charge in [0.1, 0.15) is 12.6 Å². The van der Waals surface area contributed by atoms with Crippen LogP contribution in [0, 0.1) is 0 Å². The summed E-state index contributed by atoms with van der Waals surface area (Å²) in [6.07, 6.45) is 1.63. The highest BCUT2D eigenvalue weighted by Gasteiger charge is 2.23. The molecule has 0 aliphatic rings. The molecule has 0 unspecified atom stereocenters. The highest BCUT2D eigenvalue weighted by molar-refractivity contribution is 6.27. The van der Waals surface area contributed by atoms with E-state index in [9.17, 15) is 14.4 Å². The summed E-state index contributed by atoms with van der Waals surface area (Å²) in [5.41, 5.74) is 5.73. The fraction of sp³-hybridized carbons (Fsp3) is 0. The summed E-state index contributed by atoms with van der Waals surface area (Å²) >= 11 is 0. The molecule has 3 heteroatoms. The van der Waals surface area contributed by atoms with Crippen molar-refractivity contribution in [3.05, 3.63) is 144 Å². The molecule has 0 heterocycles. The third-order valence-corrected chi connectivity index (χ3v) is 7.03. The molecule has 0 atom stereocenters. The maximum Gasteiger partial charge on any atom is 0.195 e. The van der Waals surface area contributed by atoms with Crippen molar-refractivity contribution in [2.75, 3.05) is 0 Å². The van der Waals surface area contributed by atoms with Gasteiger partial charge in [-0.3, -0.25) is 14.4 Å². The second-order valence-corrected chi connectivity index (χ2v) is 9.23. The summed E-state index contributed by atoms with van der Waals surface area (Å²) in [6.45, 7) is 0. The van der Waals surface area contributed by atoms with Gasteiger partial charge in [-0.15, -0.1) is 0 Å². The molecule has 0 bridgehead atoms. The van der Waals surface area contributed by atoms with Crippen LogP contribution in [0.4, 0.5) is 0 Å². The molecule has 0 N–H and O–H groups in total. The summed E-state index contributed by atoms with van der Waals surface area (Å²) in [7, 11) is 0. The summed E-state index contributed by atoms with van der Waals surface area (Å²) in [4.78, 5) is 37.3. The first-order chi connectivity index (χ1) is 18.7. The number of hydrogen-bond donors (Lipinski definition) is 0. The molecule has 0 amide bonds. The number of ketones is 1. The Balaban J connectivity index is 1.66. The van der Waals surface area contributed by atoms with Crippen molar-refractivity contribution in [1.82, 2.24) is 0 Å². The van der Waals surface area contributed by atoms with Crippen LogP contribution < -0.4 is 0 Å². The topological polar surface area (TPSA) is 51.2 Å². The number of hydrogen-bond acceptors (Lipinski definition) is 3. The zero-order valence-electron chi connectivity index (χ0n) is 20.4. The Labute approximate surface area is 220 Å². The van der Waals surface area contributed by atoms with E-state index in [-0.39, 0.29) is 5.78 Å². The SMILES string of the molecule is O=Cc1ccc(-c2ccc3ccccc3c2C(=O)c2c(-c3ccc(C=O)cc3)ccc3ccccc23)cc1. The van der Waals surface area contributed by atoms with Crippen LogP contribution in [-0.2, 0) is 0 Å². The van der Waals surface area contributed by atoms with Crippen molar-refractivity contribution in [3.8, 4) is 22.3 Å². The van der Waals surface area contributed by atoms with Gasteiger partial charge >= 0.3 is 0 Å². The molecule has 0 fully saturated rings. The van der Waals surface area contributed by atoms with Gasteiger partial charge in [0.2, 0.25) is 0 Å². The summed E-state index contributed by atoms with van der Waals surface area (Å²) in [5, 5.41) is 3.68. The number of aldehydes is 2. The number of benzene rings is 6. The second-order valence-electron chi connectivity index (χ2n) is 9.23. The molecule has 0 saturated carbocycles. The minimum atomic E-state index is -0.0810. The van der Waals surface area contributed by atoms with E-state index in [1.807, 2.05) is 97.1 Å². The molecule has 0 saturated heterocycles. The molecule has 0 aliphatic heterocycles. The van der Waals surface area contributed by atoms with Gasteiger partial charge in [0, 0.05) is 22.3 Å². The largest absolute Gasteiger partial charge is 0.298 e. The molecular formula is C35H22O3. The van der Waals surface area contributed by atoms with E-state index in [0.29, 0.717) is 22.3 Å². The Morgan fingerprint density at radius 2 is 0.842 bits per heavy atom. The van der Waals surface area contributed by atoms with Crippen LogP contribution >= 0.6 is 0 Å². The summed E-state index contributed by atoms with van der Waals surface area (Å²) in [5.74, 6) is -0.0810. The summed E-state index contributed by atoms with van der Waals surface area (Å²) in [6, 6.07) is 38.4. The number of carbonyl (C=O) groups excluding carboxylic acids is 3. The standard InChI is InChI=1S/C35H22O3/c36-21-23-9-13-27(14-10-23)31-19-17-25-5-1-3-7-29(25)33(31)35(38)34-30-8-4-2-6-26(30)18-20-32(34)28-15-11-24(22-37)12-16-28/h1-22H. The van der Waals surface area contributed by atoms with Crippen LogP contribution in [0.2, 0.25) is 0 Å². The minimum absolute atomic E-state index is 0.0810. The molecular weight excluding hydrogens is 468 g/mol. The summed E-state index contributed by atoms with van der Waals surface area (Å²) < 4.78 is 0. The maximum atomic E-state index is 14.8. The Morgan fingerprint density at radius 1 is 0.447 bits per heavy atom. The number of carbonyl (C=O) groups is 3. The Morgan fingerprint density at radius 3 is 1.24 bits per heavy atom. The molecule has 6 aromatic rings. The van der Waals surface area contributed by atoms with Crippen LogP contribution in [0.3, 0.4) is 0 Å². The van der Waals surface area contributed by atoms with Crippen molar-refractivity contribution < 1.29 is 14.4 Å². The van der Waals surface area contributed by atoms with Crippen LogP contribution in [-0.4, -0.2) is 18.4 Å². The Bertz CT molecular complexity index is 1710. The zero-order chi connectivity index (χ0) is 26.1. The quantitative estimate of drug-likeness (QED) is 0.175. The Hall–Kier alpha value is -5.15. The van der Waals surface area contributed by atoms with Crippen LogP contribution in [0.15, 0.2) is 121 Å². The van der Waals surface area contributed by atoms with Gasteiger partial charge in [-0.05, 0) is 43.8 Å². The minimum Gasteiger partial charge on any atom is -0.298 e. The molecule has 38 heavy (non-hydrogen) atoms. The second kappa shape index (κ2) is 9.72. The van der Waals surface area contributed by atoms with Crippen molar-refractivity contribution in [3.63, 3.8) is 0 Å². The van der Waals surface area contributed by atoms with E-state index in [4.69, 9.17) is 0 Å². The van der Waals surface area contributed by atoms with E-state index in [0.717, 1.165) is 56.4 Å². The predicted molar refractivity (Wildman–Crippen MR) is 153 cm³/mol. The van der Waals surface area contributed by atoms with Crippen molar-refractivity contribution >= 4 is 39.9 Å². The lowest BCUT2D eigenvalue weighted by atomic mass is 9.84. The molecule has 0 radical (unpaired) electrons. The predicted octanol–water partition coefficient (Wildman–Crippen LogP) is 8.18. The first-order valence-electron chi connectivity index (χ1n) is 12.4. The van der Waals surface area contributed by atoms with E-state index < -0.39 is 0 Å². The molecule has 6 rings (SSSR count). The van der Waals surface area contributed by atoms with Gasteiger partial charge in [0.25, 0.3) is 0 Å². The van der Waals surface area contributed by atoms with E-state index in [1.165, 1.54) is 0 Å². The van der Waals surface area contributed by atoms with Gasteiger partial charge in [-0.25, -0.2) is 0 Å². The Kier molecular flexibility index (Phi) is 5.95. The first-order valence-corrected chi connectivity index (χ1v) is 12.4. The monoisotopic (exact) mass is 490 g/mol. The lowest BCUT2D eigenvalue weighted by Crippen LogP contribution is -2.08.